The molecule has 1 aromatic heterocycles. The van der Waals surface area contributed by atoms with Crippen LogP contribution in [-0.2, 0) is 17.6 Å². The Balaban J connectivity index is 1.48. The van der Waals surface area contributed by atoms with Gasteiger partial charge in [0.1, 0.15) is 12.1 Å². The Kier molecular flexibility index (Phi) is 6.40. The van der Waals surface area contributed by atoms with Crippen LogP contribution in [0.5, 0.6) is 0 Å². The highest BCUT2D eigenvalue weighted by Crippen LogP contribution is 2.35. The van der Waals surface area contributed by atoms with Gasteiger partial charge in [-0.3, -0.25) is 4.79 Å². The van der Waals surface area contributed by atoms with Crippen LogP contribution in [0.3, 0.4) is 0 Å². The average molecular weight is 367 g/mol. The summed E-state index contributed by atoms with van der Waals surface area (Å²) in [6.45, 7) is 5.47. The minimum Gasteiger partial charge on any atom is -0.368 e. The molecule has 3 rings (SSSR count). The van der Waals surface area contributed by atoms with E-state index in [4.69, 9.17) is 0 Å². The first-order valence-corrected chi connectivity index (χ1v) is 9.66. The number of fused-ring (bicyclic) bond motifs is 1. The van der Waals surface area contributed by atoms with Gasteiger partial charge in [-0.15, -0.1) is 0 Å². The Morgan fingerprint density at radius 1 is 1.22 bits per heavy atom. The maximum Gasteiger partial charge on any atom is 0.237 e. The highest BCUT2D eigenvalue weighted by atomic mass is 16.2. The molecule has 144 valence electrons. The molecule has 1 amide bonds. The largest absolute Gasteiger partial charge is 0.368 e. The van der Waals surface area contributed by atoms with Gasteiger partial charge >= 0.3 is 0 Å². The van der Waals surface area contributed by atoms with Gasteiger partial charge in [-0.05, 0) is 44.7 Å². The van der Waals surface area contributed by atoms with Crippen LogP contribution in [0.1, 0.15) is 41.6 Å². The fourth-order valence-electron chi connectivity index (χ4n) is 3.56. The van der Waals surface area contributed by atoms with Crippen LogP contribution >= 0.6 is 0 Å². The minimum atomic E-state index is -0.240. The summed E-state index contributed by atoms with van der Waals surface area (Å²) in [5.74, 6) is 1.41. The molecular weight excluding hydrogens is 338 g/mol. The fourth-order valence-corrected chi connectivity index (χ4v) is 3.56. The molecule has 1 heterocycles. The monoisotopic (exact) mass is 367 g/mol. The van der Waals surface area contributed by atoms with Gasteiger partial charge in [0.15, 0.2) is 0 Å². The number of nitrogens with zero attached hydrogens (tertiary/aromatic N) is 2. The zero-order valence-corrected chi connectivity index (χ0v) is 16.4. The molecule has 1 aliphatic carbocycles. The number of anilines is 1. The van der Waals surface area contributed by atoms with Crippen molar-refractivity contribution in [2.75, 3.05) is 25.5 Å². The number of carbonyl (C=O) groups excluding carboxylic acids is 1. The van der Waals surface area contributed by atoms with E-state index < -0.39 is 0 Å². The topological polar surface area (TPSA) is 78.9 Å². The standard InChI is InChI=1S/C21H29N5O/c1-14-4-7-16(8-5-14)12-18(22-3)21(27)24-11-10-23-20-19-15(2)6-9-17(19)25-13-26-20/h4-5,7-8,13,15,18,22H,6,9-12H2,1-3H3,(H,24,27)(H,23,25,26)/t15-,18-/m1/s1. The molecule has 0 saturated heterocycles. The Morgan fingerprint density at radius 3 is 2.74 bits per heavy atom. The van der Waals surface area contributed by atoms with Crippen molar-refractivity contribution in [2.45, 2.75) is 45.1 Å². The first-order valence-electron chi connectivity index (χ1n) is 9.66. The van der Waals surface area contributed by atoms with Gasteiger partial charge in [-0.2, -0.15) is 0 Å². The molecule has 0 aliphatic heterocycles. The van der Waals surface area contributed by atoms with E-state index in [1.807, 2.05) is 7.05 Å². The van der Waals surface area contributed by atoms with Gasteiger partial charge in [0, 0.05) is 24.3 Å². The molecule has 0 saturated carbocycles. The highest BCUT2D eigenvalue weighted by Gasteiger charge is 2.23. The molecule has 0 unspecified atom stereocenters. The number of rotatable bonds is 8. The minimum absolute atomic E-state index is 0.0150. The molecule has 0 bridgehead atoms. The molecule has 3 N–H and O–H groups in total. The molecule has 1 aromatic carbocycles. The number of aryl methyl sites for hydroxylation is 2. The molecule has 0 radical (unpaired) electrons. The average Bonchev–Trinajstić information content (AvgIpc) is 3.06. The van der Waals surface area contributed by atoms with Crippen molar-refractivity contribution in [3.8, 4) is 0 Å². The van der Waals surface area contributed by atoms with Crippen molar-refractivity contribution in [1.82, 2.24) is 20.6 Å². The van der Waals surface area contributed by atoms with Gasteiger partial charge in [0.2, 0.25) is 5.91 Å². The van der Waals surface area contributed by atoms with Crippen molar-refractivity contribution in [3.63, 3.8) is 0 Å². The summed E-state index contributed by atoms with van der Waals surface area (Å²) in [6.07, 6.45) is 4.44. The van der Waals surface area contributed by atoms with Crippen molar-refractivity contribution >= 4 is 11.7 Å². The number of aromatic nitrogens is 2. The number of amides is 1. The van der Waals surface area contributed by atoms with E-state index in [0.717, 1.165) is 29.9 Å². The normalized spacial score (nSPS) is 16.6. The smallest absolute Gasteiger partial charge is 0.237 e. The zero-order chi connectivity index (χ0) is 19.2. The zero-order valence-electron chi connectivity index (χ0n) is 16.4. The lowest BCUT2D eigenvalue weighted by Crippen LogP contribution is -2.45. The predicted octanol–water partition coefficient (Wildman–Crippen LogP) is 2.19. The number of hydrogen-bond donors (Lipinski definition) is 3. The van der Waals surface area contributed by atoms with Crippen LogP contribution in [0.25, 0.3) is 0 Å². The van der Waals surface area contributed by atoms with E-state index in [9.17, 15) is 4.79 Å². The van der Waals surface area contributed by atoms with Crippen molar-refractivity contribution in [1.29, 1.82) is 0 Å². The second-order valence-electron chi connectivity index (χ2n) is 7.27. The Bertz CT molecular complexity index is 775. The lowest BCUT2D eigenvalue weighted by Gasteiger charge is -2.17. The number of hydrogen-bond acceptors (Lipinski definition) is 5. The van der Waals surface area contributed by atoms with Crippen molar-refractivity contribution in [2.24, 2.45) is 0 Å². The number of likely N-dealkylation sites (N-methyl/N-ethyl adjacent to an activating group) is 1. The third-order valence-corrected chi connectivity index (χ3v) is 5.22. The van der Waals surface area contributed by atoms with Crippen LogP contribution < -0.4 is 16.0 Å². The van der Waals surface area contributed by atoms with Crippen LogP contribution in [0.4, 0.5) is 5.82 Å². The first-order chi connectivity index (χ1) is 13.1. The van der Waals surface area contributed by atoms with Gasteiger partial charge in [0.05, 0.1) is 6.04 Å². The van der Waals surface area contributed by atoms with Crippen molar-refractivity contribution in [3.05, 3.63) is 53.0 Å². The van der Waals surface area contributed by atoms with Gasteiger partial charge in [-0.1, -0.05) is 36.8 Å². The summed E-state index contributed by atoms with van der Waals surface area (Å²) in [5.41, 5.74) is 4.76. The summed E-state index contributed by atoms with van der Waals surface area (Å²) in [4.78, 5) is 21.2. The summed E-state index contributed by atoms with van der Waals surface area (Å²) in [5, 5.41) is 9.47. The lowest BCUT2D eigenvalue weighted by molar-refractivity contribution is -0.122. The molecular formula is C21H29N5O. The van der Waals surface area contributed by atoms with Crippen LogP contribution in [0.15, 0.2) is 30.6 Å². The fraction of sp³-hybridized carbons (Fsp3) is 0.476. The van der Waals surface area contributed by atoms with E-state index in [0.29, 0.717) is 25.4 Å². The number of carbonyl (C=O) groups is 1. The van der Waals surface area contributed by atoms with E-state index in [2.05, 4.69) is 64.0 Å². The maximum atomic E-state index is 12.5. The van der Waals surface area contributed by atoms with Crippen LogP contribution in [-0.4, -0.2) is 42.1 Å². The summed E-state index contributed by atoms with van der Waals surface area (Å²) in [6, 6.07) is 8.06. The predicted molar refractivity (Wildman–Crippen MR) is 108 cm³/mol. The summed E-state index contributed by atoms with van der Waals surface area (Å²) >= 11 is 0. The maximum absolute atomic E-state index is 12.5. The Labute approximate surface area is 161 Å². The molecule has 1 aliphatic rings. The quantitative estimate of drug-likeness (QED) is 0.624. The number of benzene rings is 1. The third-order valence-electron chi connectivity index (χ3n) is 5.22. The summed E-state index contributed by atoms with van der Waals surface area (Å²) in [7, 11) is 1.82. The second kappa shape index (κ2) is 8.95. The Hall–Kier alpha value is -2.47. The lowest BCUT2D eigenvalue weighted by atomic mass is 10.0. The van der Waals surface area contributed by atoms with E-state index in [1.165, 1.54) is 11.1 Å². The van der Waals surface area contributed by atoms with Gasteiger partial charge in [0.25, 0.3) is 0 Å². The molecule has 6 nitrogen and oxygen atoms in total. The van der Waals surface area contributed by atoms with E-state index >= 15 is 0 Å². The summed E-state index contributed by atoms with van der Waals surface area (Å²) < 4.78 is 0. The van der Waals surface area contributed by atoms with Crippen LogP contribution in [0, 0.1) is 6.92 Å². The molecule has 6 heteroatoms. The molecule has 2 aromatic rings. The molecule has 2 atom stereocenters. The molecule has 0 fully saturated rings. The molecule has 27 heavy (non-hydrogen) atoms. The highest BCUT2D eigenvalue weighted by molar-refractivity contribution is 5.82. The second-order valence-corrected chi connectivity index (χ2v) is 7.27. The first kappa shape index (κ1) is 19.3. The van der Waals surface area contributed by atoms with Crippen molar-refractivity contribution < 1.29 is 4.79 Å². The van der Waals surface area contributed by atoms with E-state index in [1.54, 1.807) is 6.33 Å². The van der Waals surface area contributed by atoms with E-state index in [-0.39, 0.29) is 11.9 Å². The SMILES string of the molecule is CN[C@H](Cc1ccc(C)cc1)C(=O)NCCNc1ncnc2c1[C@H](C)CC2. The third kappa shape index (κ3) is 4.83. The Morgan fingerprint density at radius 2 is 2.00 bits per heavy atom. The number of nitrogens with one attached hydrogen (secondary N) is 3. The van der Waals surface area contributed by atoms with Gasteiger partial charge in [-0.25, -0.2) is 9.97 Å². The van der Waals surface area contributed by atoms with Gasteiger partial charge < -0.3 is 16.0 Å². The van der Waals surface area contributed by atoms with Crippen LogP contribution in [0.2, 0.25) is 0 Å². The molecule has 0 spiro atoms.